The van der Waals surface area contributed by atoms with E-state index in [1.165, 1.54) is 0 Å². The molecule has 0 spiro atoms. The maximum Gasteiger partial charge on any atom is 0.126 e. The largest absolute Gasteiger partial charge is 0.496 e. The van der Waals surface area contributed by atoms with E-state index in [4.69, 9.17) is 4.74 Å². The molecule has 0 N–H and O–H groups in total. The average Bonchev–Trinajstić information content (AvgIpc) is 2.85. The minimum atomic E-state index is 0.874. The van der Waals surface area contributed by atoms with Gasteiger partial charge in [0.05, 0.1) is 12.6 Å². The molecular formula is C14H12N2O. The first kappa shape index (κ1) is 9.90. The van der Waals surface area contributed by atoms with Gasteiger partial charge in [-0.1, -0.05) is 24.3 Å². The summed E-state index contributed by atoms with van der Waals surface area (Å²) >= 11 is 0. The number of hydrogen-bond donors (Lipinski definition) is 0. The molecule has 2 aromatic heterocycles. The predicted molar refractivity (Wildman–Crippen MR) is 67.2 cm³/mol. The molecule has 1 aromatic carbocycles. The second-order valence-electron chi connectivity index (χ2n) is 3.82. The van der Waals surface area contributed by atoms with Gasteiger partial charge in [0.2, 0.25) is 0 Å². The number of benzene rings is 1. The summed E-state index contributed by atoms with van der Waals surface area (Å²) in [6, 6.07) is 14.1. The molecule has 0 aliphatic carbocycles. The van der Waals surface area contributed by atoms with Crippen molar-refractivity contribution in [3.8, 4) is 16.9 Å². The van der Waals surface area contributed by atoms with Gasteiger partial charge in [0, 0.05) is 23.5 Å². The Balaban J connectivity index is 2.19. The maximum atomic E-state index is 5.36. The summed E-state index contributed by atoms with van der Waals surface area (Å²) in [4.78, 5) is 0. The zero-order valence-corrected chi connectivity index (χ0v) is 9.50. The van der Waals surface area contributed by atoms with Crippen LogP contribution < -0.4 is 4.74 Å². The van der Waals surface area contributed by atoms with Crippen LogP contribution in [-0.2, 0) is 0 Å². The van der Waals surface area contributed by atoms with Crippen LogP contribution in [0.2, 0.25) is 0 Å². The molecule has 0 bridgehead atoms. The highest BCUT2D eigenvalue weighted by Gasteiger charge is 2.05. The second kappa shape index (κ2) is 3.94. The van der Waals surface area contributed by atoms with E-state index < -0.39 is 0 Å². The van der Waals surface area contributed by atoms with Crippen LogP contribution in [0, 0.1) is 0 Å². The van der Waals surface area contributed by atoms with Crippen molar-refractivity contribution in [2.45, 2.75) is 0 Å². The topological polar surface area (TPSA) is 26.5 Å². The molecule has 0 unspecified atom stereocenters. The number of rotatable bonds is 2. The molecule has 0 saturated carbocycles. The number of nitrogens with zero attached hydrogens (tertiary/aromatic N) is 2. The van der Waals surface area contributed by atoms with Crippen molar-refractivity contribution in [1.29, 1.82) is 0 Å². The molecule has 3 nitrogen and oxygen atoms in total. The first-order chi connectivity index (χ1) is 8.38. The van der Waals surface area contributed by atoms with E-state index in [1.54, 1.807) is 13.3 Å². The normalized spacial score (nSPS) is 10.6. The van der Waals surface area contributed by atoms with Crippen molar-refractivity contribution >= 4 is 5.52 Å². The lowest BCUT2D eigenvalue weighted by Gasteiger charge is -2.08. The third-order valence-electron chi connectivity index (χ3n) is 2.81. The fraction of sp³-hybridized carbons (Fsp3) is 0.0714. The van der Waals surface area contributed by atoms with E-state index in [0.717, 1.165) is 22.4 Å². The molecule has 0 fully saturated rings. The summed E-state index contributed by atoms with van der Waals surface area (Å²) in [6.07, 6.45) is 3.80. The van der Waals surface area contributed by atoms with Gasteiger partial charge in [-0.3, -0.25) is 0 Å². The van der Waals surface area contributed by atoms with Crippen molar-refractivity contribution in [1.82, 2.24) is 9.61 Å². The molecule has 3 rings (SSSR count). The van der Waals surface area contributed by atoms with Gasteiger partial charge in [0.1, 0.15) is 5.75 Å². The Morgan fingerprint density at radius 1 is 1.06 bits per heavy atom. The van der Waals surface area contributed by atoms with Gasteiger partial charge in [0.15, 0.2) is 0 Å². The number of para-hydroxylation sites is 1. The third-order valence-corrected chi connectivity index (χ3v) is 2.81. The number of methoxy groups -OCH3 is 1. The molecule has 84 valence electrons. The SMILES string of the molecule is COc1ccccc1-c1ccc2ccnn2c1. The lowest BCUT2D eigenvalue weighted by atomic mass is 10.1. The molecular weight excluding hydrogens is 212 g/mol. The number of hydrogen-bond acceptors (Lipinski definition) is 2. The highest BCUT2D eigenvalue weighted by Crippen LogP contribution is 2.29. The van der Waals surface area contributed by atoms with E-state index in [1.807, 2.05) is 41.0 Å². The Morgan fingerprint density at radius 3 is 2.82 bits per heavy atom. The first-order valence-electron chi connectivity index (χ1n) is 5.45. The number of aromatic nitrogens is 2. The Bertz CT molecular complexity index is 658. The summed E-state index contributed by atoms with van der Waals surface area (Å²) in [5.74, 6) is 0.874. The van der Waals surface area contributed by atoms with Crippen LogP contribution >= 0.6 is 0 Å². The summed E-state index contributed by atoms with van der Waals surface area (Å²) in [5, 5.41) is 4.24. The van der Waals surface area contributed by atoms with Crippen LogP contribution in [-0.4, -0.2) is 16.7 Å². The predicted octanol–water partition coefficient (Wildman–Crippen LogP) is 3.01. The Kier molecular flexibility index (Phi) is 2.29. The van der Waals surface area contributed by atoms with Crippen LogP contribution in [0.3, 0.4) is 0 Å². The van der Waals surface area contributed by atoms with Crippen LogP contribution in [0.4, 0.5) is 0 Å². The number of pyridine rings is 1. The maximum absolute atomic E-state index is 5.36. The van der Waals surface area contributed by atoms with Crippen molar-refractivity contribution in [3.63, 3.8) is 0 Å². The van der Waals surface area contributed by atoms with Crippen LogP contribution in [0.25, 0.3) is 16.6 Å². The van der Waals surface area contributed by atoms with Gasteiger partial charge in [-0.05, 0) is 18.2 Å². The van der Waals surface area contributed by atoms with Crippen molar-refractivity contribution < 1.29 is 4.74 Å². The molecule has 17 heavy (non-hydrogen) atoms. The Morgan fingerprint density at radius 2 is 1.94 bits per heavy atom. The van der Waals surface area contributed by atoms with E-state index in [9.17, 15) is 0 Å². The number of fused-ring (bicyclic) bond motifs is 1. The van der Waals surface area contributed by atoms with Gasteiger partial charge in [-0.15, -0.1) is 0 Å². The van der Waals surface area contributed by atoms with Crippen molar-refractivity contribution in [2.24, 2.45) is 0 Å². The molecule has 2 heterocycles. The van der Waals surface area contributed by atoms with Gasteiger partial charge < -0.3 is 4.74 Å². The molecule has 0 radical (unpaired) electrons. The highest BCUT2D eigenvalue weighted by molar-refractivity contribution is 5.71. The fourth-order valence-corrected chi connectivity index (χ4v) is 1.96. The number of ether oxygens (including phenoxy) is 1. The van der Waals surface area contributed by atoms with Gasteiger partial charge in [-0.25, -0.2) is 4.52 Å². The first-order valence-corrected chi connectivity index (χ1v) is 5.45. The Labute approximate surface area is 99.3 Å². The molecule has 0 amide bonds. The van der Waals surface area contributed by atoms with Crippen molar-refractivity contribution in [2.75, 3.05) is 7.11 Å². The molecule has 0 aliphatic rings. The van der Waals surface area contributed by atoms with E-state index >= 15 is 0 Å². The smallest absolute Gasteiger partial charge is 0.126 e. The zero-order valence-electron chi connectivity index (χ0n) is 9.50. The summed E-state index contributed by atoms with van der Waals surface area (Å²) < 4.78 is 7.23. The zero-order chi connectivity index (χ0) is 11.7. The second-order valence-corrected chi connectivity index (χ2v) is 3.82. The lowest BCUT2D eigenvalue weighted by molar-refractivity contribution is 0.416. The minimum Gasteiger partial charge on any atom is -0.496 e. The van der Waals surface area contributed by atoms with E-state index in [0.29, 0.717) is 0 Å². The summed E-state index contributed by atoms with van der Waals surface area (Å²) in [5.41, 5.74) is 3.26. The van der Waals surface area contributed by atoms with Crippen LogP contribution in [0.5, 0.6) is 5.75 Å². The fourth-order valence-electron chi connectivity index (χ4n) is 1.96. The Hall–Kier alpha value is -2.29. The molecule has 0 saturated heterocycles. The standard InChI is InChI=1S/C14H12N2O/c1-17-14-5-3-2-4-13(14)11-6-7-12-8-9-15-16(12)10-11/h2-10H,1H3. The van der Waals surface area contributed by atoms with Gasteiger partial charge in [-0.2, -0.15) is 5.10 Å². The van der Waals surface area contributed by atoms with E-state index in [-0.39, 0.29) is 0 Å². The van der Waals surface area contributed by atoms with Crippen LogP contribution in [0.15, 0.2) is 54.9 Å². The average molecular weight is 224 g/mol. The third kappa shape index (κ3) is 1.65. The highest BCUT2D eigenvalue weighted by atomic mass is 16.5. The van der Waals surface area contributed by atoms with Crippen LogP contribution in [0.1, 0.15) is 0 Å². The van der Waals surface area contributed by atoms with E-state index in [2.05, 4.69) is 17.2 Å². The lowest BCUT2D eigenvalue weighted by Crippen LogP contribution is -1.91. The molecule has 0 atom stereocenters. The monoisotopic (exact) mass is 224 g/mol. The van der Waals surface area contributed by atoms with Gasteiger partial charge in [0.25, 0.3) is 0 Å². The summed E-state index contributed by atoms with van der Waals surface area (Å²) in [7, 11) is 1.69. The minimum absolute atomic E-state index is 0.874. The molecule has 3 heteroatoms. The van der Waals surface area contributed by atoms with Gasteiger partial charge >= 0.3 is 0 Å². The molecule has 3 aromatic rings. The van der Waals surface area contributed by atoms with Crippen molar-refractivity contribution in [3.05, 3.63) is 54.9 Å². The summed E-state index contributed by atoms with van der Waals surface area (Å²) in [6.45, 7) is 0. The molecule has 0 aliphatic heterocycles. The quantitative estimate of drug-likeness (QED) is 0.669.